The number of anilines is 1. The zero-order valence-electron chi connectivity index (χ0n) is 14.3. The first-order chi connectivity index (χ1) is 12.5. The highest BCUT2D eigenvalue weighted by Gasteiger charge is 2.23. The van der Waals surface area contributed by atoms with Gasteiger partial charge in [0.1, 0.15) is 5.69 Å². The van der Waals surface area contributed by atoms with Crippen molar-refractivity contribution in [1.82, 2.24) is 15.2 Å². The molecule has 0 saturated carbocycles. The van der Waals surface area contributed by atoms with Crippen LogP contribution in [0.4, 0.5) is 5.13 Å². The van der Waals surface area contributed by atoms with Gasteiger partial charge in [-0.15, -0.1) is 21.5 Å². The fraction of sp³-hybridized carbons (Fsp3) is 0.250. The molecule has 3 heterocycles. The summed E-state index contributed by atoms with van der Waals surface area (Å²) in [6.07, 6.45) is 0. The Kier molecular flexibility index (Phi) is 5.74. The molecule has 1 amide bonds. The molecule has 0 fully saturated rings. The molecule has 7 nitrogen and oxygen atoms in total. The Labute approximate surface area is 162 Å². The highest BCUT2D eigenvalue weighted by Crippen LogP contribution is 2.30. The number of nitrogens with one attached hydrogen (secondary N) is 2. The van der Waals surface area contributed by atoms with Gasteiger partial charge in [0.25, 0.3) is 5.91 Å². The minimum atomic E-state index is -0.474. The van der Waals surface area contributed by atoms with Crippen LogP contribution in [0.5, 0.6) is 0 Å². The van der Waals surface area contributed by atoms with Crippen molar-refractivity contribution in [2.75, 3.05) is 12.4 Å². The van der Waals surface area contributed by atoms with E-state index in [1.54, 1.807) is 36.9 Å². The number of methoxy groups -OCH3 is 1. The summed E-state index contributed by atoms with van der Waals surface area (Å²) in [7, 11) is 1.31. The lowest BCUT2D eigenvalue weighted by molar-refractivity contribution is 0.0599. The first-order valence-corrected chi connectivity index (χ1v) is 10.2. The summed E-state index contributed by atoms with van der Waals surface area (Å²) in [6.45, 7) is 3.42. The van der Waals surface area contributed by atoms with Crippen molar-refractivity contribution in [1.29, 1.82) is 0 Å². The van der Waals surface area contributed by atoms with Crippen LogP contribution in [0.3, 0.4) is 0 Å². The Balaban J connectivity index is 1.68. The first-order valence-electron chi connectivity index (χ1n) is 7.57. The highest BCUT2D eigenvalue weighted by atomic mass is 32.2. The maximum absolute atomic E-state index is 12.5. The Morgan fingerprint density at radius 2 is 2.15 bits per heavy atom. The maximum Gasteiger partial charge on any atom is 0.339 e. The van der Waals surface area contributed by atoms with E-state index in [2.05, 4.69) is 26.6 Å². The van der Waals surface area contributed by atoms with Crippen LogP contribution in [0.2, 0.25) is 0 Å². The number of thiophene rings is 1. The largest absolute Gasteiger partial charge is 0.465 e. The topological polar surface area (TPSA) is 97.0 Å². The van der Waals surface area contributed by atoms with Gasteiger partial charge in [-0.25, -0.2) is 4.79 Å². The van der Waals surface area contributed by atoms with Gasteiger partial charge in [-0.2, -0.15) is 0 Å². The molecule has 10 heteroatoms. The smallest absolute Gasteiger partial charge is 0.339 e. The number of carbonyl (C=O) groups is 2. The van der Waals surface area contributed by atoms with Crippen molar-refractivity contribution >= 4 is 51.4 Å². The van der Waals surface area contributed by atoms with E-state index in [1.807, 2.05) is 11.4 Å². The van der Waals surface area contributed by atoms with Crippen LogP contribution in [0, 0.1) is 13.8 Å². The zero-order valence-corrected chi connectivity index (χ0v) is 16.7. The Morgan fingerprint density at radius 3 is 2.85 bits per heavy atom. The van der Waals surface area contributed by atoms with E-state index in [4.69, 9.17) is 4.74 Å². The number of aryl methyl sites for hydroxylation is 1. The third-order valence-corrected chi connectivity index (χ3v) is 6.68. The summed E-state index contributed by atoms with van der Waals surface area (Å²) in [4.78, 5) is 28.5. The van der Waals surface area contributed by atoms with E-state index in [0.29, 0.717) is 27.6 Å². The van der Waals surface area contributed by atoms with Crippen molar-refractivity contribution in [2.45, 2.75) is 23.9 Å². The van der Waals surface area contributed by atoms with E-state index < -0.39 is 5.97 Å². The molecule has 0 aromatic carbocycles. The van der Waals surface area contributed by atoms with Crippen LogP contribution in [-0.2, 0) is 10.5 Å². The number of thioether (sulfide) groups is 1. The Hall–Kier alpha value is -2.17. The fourth-order valence-electron chi connectivity index (χ4n) is 2.39. The van der Waals surface area contributed by atoms with Crippen LogP contribution in [0.15, 0.2) is 21.9 Å². The SMILES string of the molecule is COC(=O)c1c(C)[nH]c(C(=O)Nc2nnc(SCc3cccs3)s2)c1C. The molecule has 3 rings (SSSR count). The Morgan fingerprint density at radius 1 is 1.35 bits per heavy atom. The monoisotopic (exact) mass is 408 g/mol. The van der Waals surface area contributed by atoms with Crippen LogP contribution >= 0.6 is 34.4 Å². The van der Waals surface area contributed by atoms with Crippen LogP contribution in [0.25, 0.3) is 0 Å². The van der Waals surface area contributed by atoms with Crippen molar-refractivity contribution < 1.29 is 14.3 Å². The molecule has 0 bridgehead atoms. The van der Waals surface area contributed by atoms with E-state index in [-0.39, 0.29) is 5.91 Å². The number of amides is 1. The number of carbonyl (C=O) groups excluding carboxylic acids is 2. The van der Waals surface area contributed by atoms with E-state index in [0.717, 1.165) is 10.1 Å². The summed E-state index contributed by atoms with van der Waals surface area (Å²) in [5.74, 6) is -0.0253. The second-order valence-electron chi connectivity index (χ2n) is 5.31. The lowest BCUT2D eigenvalue weighted by atomic mass is 10.1. The van der Waals surface area contributed by atoms with E-state index in [1.165, 1.54) is 23.3 Å². The van der Waals surface area contributed by atoms with Crippen molar-refractivity contribution in [3.63, 3.8) is 0 Å². The maximum atomic E-state index is 12.5. The van der Waals surface area contributed by atoms with Crippen LogP contribution in [-0.4, -0.2) is 34.2 Å². The third-order valence-electron chi connectivity index (χ3n) is 3.60. The van der Waals surface area contributed by atoms with Gasteiger partial charge < -0.3 is 9.72 Å². The van der Waals surface area contributed by atoms with Crippen molar-refractivity contribution in [3.05, 3.63) is 44.9 Å². The van der Waals surface area contributed by atoms with E-state index >= 15 is 0 Å². The molecule has 2 N–H and O–H groups in total. The van der Waals surface area contributed by atoms with Gasteiger partial charge in [-0.05, 0) is 30.9 Å². The molecular weight excluding hydrogens is 392 g/mol. The highest BCUT2D eigenvalue weighted by molar-refractivity contribution is 8.00. The number of aromatic amines is 1. The van der Waals surface area contributed by atoms with Gasteiger partial charge >= 0.3 is 5.97 Å². The molecule has 0 spiro atoms. The second kappa shape index (κ2) is 8.02. The van der Waals surface area contributed by atoms with Gasteiger partial charge in [0, 0.05) is 16.3 Å². The third kappa shape index (κ3) is 3.97. The molecule has 0 saturated heterocycles. The first kappa shape index (κ1) is 18.6. The van der Waals surface area contributed by atoms with Gasteiger partial charge in [0.2, 0.25) is 5.13 Å². The summed E-state index contributed by atoms with van der Waals surface area (Å²) in [5.41, 5.74) is 1.82. The number of hydrogen-bond donors (Lipinski definition) is 2. The molecule has 0 aliphatic carbocycles. The van der Waals surface area contributed by atoms with Gasteiger partial charge in [-0.1, -0.05) is 29.2 Å². The molecule has 0 aliphatic rings. The predicted octanol–water partition coefficient (Wildman–Crippen LogP) is 3.88. The number of H-pyrrole nitrogens is 1. The standard InChI is InChI=1S/C16H16N4O3S3/c1-8-11(14(22)23-3)9(2)17-12(8)13(21)18-15-19-20-16(26-15)25-7-10-5-4-6-24-10/h4-6,17H,7H2,1-3H3,(H,18,19,21). The average molecular weight is 409 g/mol. The van der Waals surface area contributed by atoms with Gasteiger partial charge in [-0.3, -0.25) is 10.1 Å². The summed E-state index contributed by atoms with van der Waals surface area (Å²) in [5, 5.41) is 13.3. The fourth-order valence-corrected chi connectivity index (χ4v) is 4.91. The molecule has 0 aliphatic heterocycles. The molecule has 136 valence electrons. The number of rotatable bonds is 6. The molecule has 26 heavy (non-hydrogen) atoms. The number of aromatic nitrogens is 3. The second-order valence-corrected chi connectivity index (χ2v) is 8.54. The normalized spacial score (nSPS) is 10.7. The van der Waals surface area contributed by atoms with Crippen LogP contribution in [0.1, 0.15) is 37.0 Å². The van der Waals surface area contributed by atoms with Gasteiger partial charge in [0.05, 0.1) is 12.7 Å². The Bertz CT molecular complexity index is 931. The van der Waals surface area contributed by atoms with Crippen LogP contribution < -0.4 is 5.32 Å². The molecule has 0 atom stereocenters. The lowest BCUT2D eigenvalue weighted by Crippen LogP contribution is -2.14. The molecule has 0 radical (unpaired) electrons. The quantitative estimate of drug-likeness (QED) is 0.365. The summed E-state index contributed by atoms with van der Waals surface area (Å²) < 4.78 is 5.54. The number of hydrogen-bond acceptors (Lipinski definition) is 8. The number of esters is 1. The molecule has 3 aromatic heterocycles. The lowest BCUT2D eigenvalue weighted by Gasteiger charge is -2.01. The number of nitrogens with zero attached hydrogens (tertiary/aromatic N) is 2. The van der Waals surface area contributed by atoms with E-state index in [9.17, 15) is 9.59 Å². The van der Waals surface area contributed by atoms with Crippen molar-refractivity contribution in [3.8, 4) is 0 Å². The minimum Gasteiger partial charge on any atom is -0.465 e. The minimum absolute atomic E-state index is 0.311. The van der Waals surface area contributed by atoms with Crippen molar-refractivity contribution in [2.24, 2.45) is 0 Å². The number of ether oxygens (including phenoxy) is 1. The average Bonchev–Trinajstić information content (AvgIpc) is 3.34. The molecular formula is C16H16N4O3S3. The molecule has 0 unspecified atom stereocenters. The summed E-state index contributed by atoms with van der Waals surface area (Å²) in [6, 6.07) is 4.08. The predicted molar refractivity (Wildman–Crippen MR) is 103 cm³/mol. The summed E-state index contributed by atoms with van der Waals surface area (Å²) >= 11 is 4.58. The van der Waals surface area contributed by atoms with Gasteiger partial charge in [0.15, 0.2) is 4.34 Å². The molecule has 3 aromatic rings. The zero-order chi connectivity index (χ0) is 18.7.